The minimum Gasteiger partial charge on any atom is -0.489 e. The molecular formula is C22H21ClN2O3S. The summed E-state index contributed by atoms with van der Waals surface area (Å²) in [5.41, 5.74) is 3.65. The summed E-state index contributed by atoms with van der Waals surface area (Å²) < 4.78 is 11.0. The molecule has 1 aromatic heterocycles. The largest absolute Gasteiger partial charge is 0.489 e. The van der Waals surface area contributed by atoms with Crippen molar-refractivity contribution >= 4 is 35.0 Å². The van der Waals surface area contributed by atoms with Crippen LogP contribution in [0.1, 0.15) is 22.6 Å². The van der Waals surface area contributed by atoms with E-state index in [0.29, 0.717) is 24.6 Å². The van der Waals surface area contributed by atoms with Gasteiger partial charge in [-0.1, -0.05) is 28.9 Å². The molecule has 0 bridgehead atoms. The molecule has 0 saturated carbocycles. The Labute approximate surface area is 179 Å². The Morgan fingerprint density at radius 1 is 1.24 bits per heavy atom. The van der Waals surface area contributed by atoms with E-state index in [4.69, 9.17) is 20.9 Å². The zero-order chi connectivity index (χ0) is 20.4. The normalized spacial score (nSPS) is 13.3. The second-order valence-corrected chi connectivity index (χ2v) is 8.49. The lowest BCUT2D eigenvalue weighted by Gasteiger charge is -2.29. The Morgan fingerprint density at radius 3 is 2.76 bits per heavy atom. The molecule has 0 saturated heterocycles. The molecule has 7 heteroatoms. The average Bonchev–Trinajstić information content (AvgIpc) is 3.04. The van der Waals surface area contributed by atoms with Gasteiger partial charge in [-0.2, -0.15) is 0 Å². The molecule has 0 spiro atoms. The highest BCUT2D eigenvalue weighted by Crippen LogP contribution is 2.36. The van der Waals surface area contributed by atoms with E-state index in [1.54, 1.807) is 11.8 Å². The number of hydrogen-bond donors (Lipinski definition) is 0. The molecule has 0 aliphatic carbocycles. The molecule has 4 rings (SSSR count). The fraction of sp³-hybridized carbons (Fsp3) is 0.273. The molecule has 1 aliphatic rings. The summed E-state index contributed by atoms with van der Waals surface area (Å²) in [6, 6.07) is 13.3. The van der Waals surface area contributed by atoms with Gasteiger partial charge in [-0.3, -0.25) is 4.79 Å². The molecule has 0 unspecified atom stereocenters. The first-order chi connectivity index (χ1) is 14.0. The third-order valence-corrected chi connectivity index (χ3v) is 6.21. The third kappa shape index (κ3) is 4.43. The van der Waals surface area contributed by atoms with E-state index < -0.39 is 0 Å². The Kier molecular flexibility index (Phi) is 5.83. The number of amides is 1. The number of aromatic nitrogens is 1. The molecule has 150 valence electrons. The Balaban J connectivity index is 1.40. The maximum atomic E-state index is 12.9. The second kappa shape index (κ2) is 8.51. The number of fused-ring (bicyclic) bond motifs is 1. The maximum absolute atomic E-state index is 12.9. The van der Waals surface area contributed by atoms with Gasteiger partial charge in [0.2, 0.25) is 5.91 Å². The van der Waals surface area contributed by atoms with Crippen LogP contribution in [0.5, 0.6) is 5.75 Å². The predicted molar refractivity (Wildman–Crippen MR) is 115 cm³/mol. The van der Waals surface area contributed by atoms with Crippen molar-refractivity contribution in [2.45, 2.75) is 31.8 Å². The molecule has 2 aromatic carbocycles. The van der Waals surface area contributed by atoms with Crippen molar-refractivity contribution in [2.75, 3.05) is 17.2 Å². The summed E-state index contributed by atoms with van der Waals surface area (Å²) >= 11 is 7.89. The van der Waals surface area contributed by atoms with Crippen LogP contribution in [0, 0.1) is 13.8 Å². The van der Waals surface area contributed by atoms with Gasteiger partial charge in [0.25, 0.3) is 0 Å². The zero-order valence-corrected chi connectivity index (χ0v) is 17.8. The van der Waals surface area contributed by atoms with E-state index in [2.05, 4.69) is 5.16 Å². The number of anilines is 1. The maximum Gasteiger partial charge on any atom is 0.231 e. The summed E-state index contributed by atoms with van der Waals surface area (Å²) in [4.78, 5) is 15.8. The zero-order valence-electron chi connectivity index (χ0n) is 16.3. The van der Waals surface area contributed by atoms with Crippen LogP contribution in [0.4, 0.5) is 5.69 Å². The van der Waals surface area contributed by atoms with Gasteiger partial charge in [-0.25, -0.2) is 0 Å². The summed E-state index contributed by atoms with van der Waals surface area (Å²) in [5, 5.41) is 4.58. The van der Waals surface area contributed by atoms with Crippen LogP contribution in [-0.2, 0) is 17.8 Å². The molecule has 1 aliphatic heterocycles. The van der Waals surface area contributed by atoms with Crippen molar-refractivity contribution in [3.8, 4) is 5.75 Å². The fourth-order valence-electron chi connectivity index (χ4n) is 3.29. The minimum absolute atomic E-state index is 0.0678. The Bertz CT molecular complexity index is 1010. The SMILES string of the molecule is Cc1noc(C)c1COc1ccc(CC(=O)N2CCSc3ccc(Cl)cc32)cc1. The topological polar surface area (TPSA) is 55.6 Å². The molecule has 0 atom stereocenters. The van der Waals surface area contributed by atoms with E-state index in [1.165, 1.54) is 0 Å². The number of carbonyl (C=O) groups excluding carboxylic acids is 1. The molecule has 5 nitrogen and oxygen atoms in total. The first-order valence-corrected chi connectivity index (χ1v) is 10.7. The number of aryl methyl sites for hydroxylation is 2. The molecule has 0 radical (unpaired) electrons. The van der Waals surface area contributed by atoms with E-state index >= 15 is 0 Å². The number of carbonyl (C=O) groups is 1. The van der Waals surface area contributed by atoms with Gasteiger partial charge in [-0.05, 0) is 49.7 Å². The first kappa shape index (κ1) is 19.9. The van der Waals surface area contributed by atoms with Crippen molar-refractivity contribution < 1.29 is 14.1 Å². The monoisotopic (exact) mass is 428 g/mol. The van der Waals surface area contributed by atoms with Crippen molar-refractivity contribution in [2.24, 2.45) is 0 Å². The highest BCUT2D eigenvalue weighted by atomic mass is 35.5. The van der Waals surface area contributed by atoms with Crippen molar-refractivity contribution in [1.82, 2.24) is 5.16 Å². The summed E-state index contributed by atoms with van der Waals surface area (Å²) in [6.45, 7) is 4.87. The second-order valence-electron chi connectivity index (χ2n) is 6.92. The van der Waals surface area contributed by atoms with Crippen LogP contribution in [0.25, 0.3) is 0 Å². The summed E-state index contributed by atoms with van der Waals surface area (Å²) in [6.07, 6.45) is 0.334. The molecule has 1 amide bonds. The van der Waals surface area contributed by atoms with Crippen molar-refractivity contribution in [3.63, 3.8) is 0 Å². The van der Waals surface area contributed by atoms with Crippen molar-refractivity contribution in [3.05, 3.63) is 70.1 Å². The van der Waals surface area contributed by atoms with Gasteiger partial charge in [0, 0.05) is 22.2 Å². The van der Waals surface area contributed by atoms with Gasteiger partial charge in [-0.15, -0.1) is 11.8 Å². The molecular weight excluding hydrogens is 408 g/mol. The van der Waals surface area contributed by atoms with E-state index in [1.807, 2.05) is 61.2 Å². The van der Waals surface area contributed by atoms with E-state index in [-0.39, 0.29) is 5.91 Å². The molecule has 0 fully saturated rings. The number of nitrogens with zero attached hydrogens (tertiary/aromatic N) is 2. The lowest BCUT2D eigenvalue weighted by Crippen LogP contribution is -2.36. The number of ether oxygens (including phenoxy) is 1. The quantitative estimate of drug-likeness (QED) is 0.558. The van der Waals surface area contributed by atoms with Gasteiger partial charge in [0.1, 0.15) is 18.1 Å². The Hall–Kier alpha value is -2.44. The predicted octanol–water partition coefficient (Wildman–Crippen LogP) is 5.21. The van der Waals surface area contributed by atoms with Gasteiger partial charge in [0.15, 0.2) is 0 Å². The van der Waals surface area contributed by atoms with Crippen LogP contribution in [0.3, 0.4) is 0 Å². The van der Waals surface area contributed by atoms with Gasteiger partial charge in [0.05, 0.1) is 23.4 Å². The molecule has 29 heavy (non-hydrogen) atoms. The standard InChI is InChI=1S/C22H21ClN2O3S/c1-14-19(15(2)28-24-14)13-27-18-6-3-16(4-7-18)11-22(26)25-9-10-29-21-8-5-17(23)12-20(21)25/h3-8,12H,9-11,13H2,1-2H3. The van der Waals surface area contributed by atoms with Gasteiger partial charge >= 0.3 is 0 Å². The van der Waals surface area contributed by atoms with Crippen LogP contribution in [0.2, 0.25) is 5.02 Å². The highest BCUT2D eigenvalue weighted by molar-refractivity contribution is 7.99. The van der Waals surface area contributed by atoms with Crippen molar-refractivity contribution in [1.29, 1.82) is 0 Å². The molecule has 3 aromatic rings. The van der Waals surface area contributed by atoms with E-state index in [0.717, 1.165) is 44.7 Å². The number of hydrogen-bond acceptors (Lipinski definition) is 5. The summed E-state index contributed by atoms with van der Waals surface area (Å²) in [5.74, 6) is 2.46. The van der Waals surface area contributed by atoms with Crippen LogP contribution in [0.15, 0.2) is 51.9 Å². The van der Waals surface area contributed by atoms with Gasteiger partial charge < -0.3 is 14.2 Å². The highest BCUT2D eigenvalue weighted by Gasteiger charge is 2.23. The number of rotatable bonds is 5. The third-order valence-electron chi connectivity index (χ3n) is 4.93. The number of benzene rings is 2. The van der Waals surface area contributed by atoms with Crippen LogP contribution >= 0.6 is 23.4 Å². The van der Waals surface area contributed by atoms with Crippen LogP contribution in [-0.4, -0.2) is 23.4 Å². The fourth-order valence-corrected chi connectivity index (χ4v) is 4.43. The smallest absolute Gasteiger partial charge is 0.231 e. The van der Waals surface area contributed by atoms with E-state index in [9.17, 15) is 4.79 Å². The summed E-state index contributed by atoms with van der Waals surface area (Å²) in [7, 11) is 0. The molecule has 2 heterocycles. The lowest BCUT2D eigenvalue weighted by molar-refractivity contribution is -0.118. The number of thioether (sulfide) groups is 1. The number of halogens is 1. The van der Waals surface area contributed by atoms with Crippen LogP contribution < -0.4 is 9.64 Å². The minimum atomic E-state index is 0.0678. The first-order valence-electron chi connectivity index (χ1n) is 9.37. The lowest BCUT2D eigenvalue weighted by atomic mass is 10.1. The average molecular weight is 429 g/mol. The molecule has 0 N–H and O–H groups in total. The Morgan fingerprint density at radius 2 is 2.03 bits per heavy atom.